The Morgan fingerprint density at radius 3 is 2.47 bits per heavy atom. The van der Waals surface area contributed by atoms with E-state index in [0.717, 1.165) is 5.92 Å². The average molecular weight is 210 g/mol. The van der Waals surface area contributed by atoms with Crippen LogP contribution in [0.15, 0.2) is 0 Å². The van der Waals surface area contributed by atoms with Crippen LogP contribution < -0.4 is 0 Å². The van der Waals surface area contributed by atoms with Crippen molar-refractivity contribution in [1.82, 2.24) is 0 Å². The highest BCUT2D eigenvalue weighted by Gasteiger charge is 2.51. The standard InChI is InChI=1S/C14H26O/c1-13(2)8-5-9-14(3)11(10-15)6-4-7-12(13)14/h11-12,15H,4-10H2,1-3H3/t11-,12+,14-/m1/s1. The molecule has 0 heterocycles. The second kappa shape index (κ2) is 3.76. The Kier molecular flexibility index (Phi) is 2.87. The van der Waals surface area contributed by atoms with Crippen molar-refractivity contribution in [2.75, 3.05) is 6.61 Å². The lowest BCUT2D eigenvalue weighted by molar-refractivity contribution is -0.0867. The van der Waals surface area contributed by atoms with Gasteiger partial charge in [-0.15, -0.1) is 0 Å². The largest absolute Gasteiger partial charge is 0.396 e. The molecule has 1 nitrogen and oxygen atoms in total. The number of aliphatic hydroxyl groups excluding tert-OH is 1. The highest BCUT2D eigenvalue weighted by Crippen LogP contribution is 2.59. The molecule has 0 aliphatic heterocycles. The van der Waals surface area contributed by atoms with Crippen LogP contribution in [0.1, 0.15) is 59.3 Å². The molecule has 2 aliphatic rings. The van der Waals surface area contributed by atoms with Gasteiger partial charge >= 0.3 is 0 Å². The molecule has 0 bridgehead atoms. The Balaban J connectivity index is 2.27. The monoisotopic (exact) mass is 210 g/mol. The molecule has 2 saturated carbocycles. The maximum atomic E-state index is 9.57. The van der Waals surface area contributed by atoms with E-state index in [1.807, 2.05) is 0 Å². The number of hydrogen-bond donors (Lipinski definition) is 1. The first-order chi connectivity index (χ1) is 7.00. The summed E-state index contributed by atoms with van der Waals surface area (Å²) in [7, 11) is 0. The van der Waals surface area contributed by atoms with E-state index >= 15 is 0 Å². The van der Waals surface area contributed by atoms with Gasteiger partial charge in [0.1, 0.15) is 0 Å². The molecule has 15 heavy (non-hydrogen) atoms. The molecule has 2 fully saturated rings. The van der Waals surface area contributed by atoms with Crippen LogP contribution >= 0.6 is 0 Å². The summed E-state index contributed by atoms with van der Waals surface area (Å²) in [6.45, 7) is 7.73. The molecule has 0 aromatic heterocycles. The van der Waals surface area contributed by atoms with Crippen molar-refractivity contribution in [2.24, 2.45) is 22.7 Å². The van der Waals surface area contributed by atoms with Crippen LogP contribution in [0.25, 0.3) is 0 Å². The van der Waals surface area contributed by atoms with Gasteiger partial charge in [-0.1, -0.05) is 33.6 Å². The van der Waals surface area contributed by atoms with E-state index in [4.69, 9.17) is 0 Å². The second-order valence-corrected chi connectivity index (χ2v) is 6.71. The average Bonchev–Trinajstić information content (AvgIpc) is 2.16. The fourth-order valence-corrected chi connectivity index (χ4v) is 4.57. The van der Waals surface area contributed by atoms with Crippen LogP contribution in [0.5, 0.6) is 0 Å². The van der Waals surface area contributed by atoms with Crippen molar-refractivity contribution < 1.29 is 5.11 Å². The van der Waals surface area contributed by atoms with Gasteiger partial charge in [0.2, 0.25) is 0 Å². The highest BCUT2D eigenvalue weighted by atomic mass is 16.3. The summed E-state index contributed by atoms with van der Waals surface area (Å²) < 4.78 is 0. The van der Waals surface area contributed by atoms with Crippen molar-refractivity contribution in [3.05, 3.63) is 0 Å². The summed E-state index contributed by atoms with van der Waals surface area (Å²) in [6.07, 6.45) is 8.04. The fraction of sp³-hybridized carbons (Fsp3) is 1.00. The van der Waals surface area contributed by atoms with Gasteiger partial charge in [0.15, 0.2) is 0 Å². The van der Waals surface area contributed by atoms with Crippen LogP contribution in [0.3, 0.4) is 0 Å². The summed E-state index contributed by atoms with van der Waals surface area (Å²) in [5.41, 5.74) is 0.926. The second-order valence-electron chi connectivity index (χ2n) is 6.71. The third kappa shape index (κ3) is 1.73. The Hall–Kier alpha value is -0.0400. The smallest absolute Gasteiger partial charge is 0.0464 e. The molecule has 1 heteroatoms. The quantitative estimate of drug-likeness (QED) is 0.701. The maximum Gasteiger partial charge on any atom is 0.0464 e. The number of aliphatic hydroxyl groups is 1. The normalized spacial score (nSPS) is 44.8. The predicted octanol–water partition coefficient (Wildman–Crippen LogP) is 3.61. The molecule has 0 unspecified atom stereocenters. The van der Waals surface area contributed by atoms with E-state index in [-0.39, 0.29) is 0 Å². The SMILES string of the molecule is CC1(C)CCC[C@]2(C)[C@@H](CO)CCC[C@@H]12. The molecule has 88 valence electrons. The molecule has 0 aromatic rings. The molecular weight excluding hydrogens is 184 g/mol. The zero-order chi connectivity index (χ0) is 11.1. The molecule has 0 radical (unpaired) electrons. The lowest BCUT2D eigenvalue weighted by Crippen LogP contribution is -2.49. The molecule has 0 saturated heterocycles. The van der Waals surface area contributed by atoms with E-state index in [1.54, 1.807) is 0 Å². The topological polar surface area (TPSA) is 20.2 Å². The van der Waals surface area contributed by atoms with Crippen molar-refractivity contribution in [1.29, 1.82) is 0 Å². The van der Waals surface area contributed by atoms with Gasteiger partial charge in [0.05, 0.1) is 0 Å². The van der Waals surface area contributed by atoms with Gasteiger partial charge in [-0.2, -0.15) is 0 Å². The minimum atomic E-state index is 0.406. The minimum Gasteiger partial charge on any atom is -0.396 e. The third-order valence-corrected chi connectivity index (χ3v) is 5.47. The zero-order valence-corrected chi connectivity index (χ0v) is 10.6. The molecule has 2 aliphatic carbocycles. The van der Waals surface area contributed by atoms with Gasteiger partial charge < -0.3 is 5.11 Å². The Morgan fingerprint density at radius 1 is 1.07 bits per heavy atom. The van der Waals surface area contributed by atoms with Gasteiger partial charge in [-0.25, -0.2) is 0 Å². The van der Waals surface area contributed by atoms with Gasteiger partial charge in [0, 0.05) is 6.61 Å². The van der Waals surface area contributed by atoms with Crippen LogP contribution in [0.2, 0.25) is 0 Å². The van der Waals surface area contributed by atoms with Crippen molar-refractivity contribution in [3.8, 4) is 0 Å². The maximum absolute atomic E-state index is 9.57. The first kappa shape index (κ1) is 11.4. The molecule has 2 rings (SSSR count). The minimum absolute atomic E-state index is 0.406. The van der Waals surface area contributed by atoms with E-state index < -0.39 is 0 Å². The van der Waals surface area contributed by atoms with E-state index in [1.165, 1.54) is 38.5 Å². The summed E-state index contributed by atoms with van der Waals surface area (Å²) in [4.78, 5) is 0. The molecule has 3 atom stereocenters. The lowest BCUT2D eigenvalue weighted by atomic mass is 9.48. The van der Waals surface area contributed by atoms with Gasteiger partial charge in [-0.05, 0) is 48.3 Å². The van der Waals surface area contributed by atoms with E-state index in [9.17, 15) is 5.11 Å². The highest BCUT2D eigenvalue weighted by molar-refractivity contribution is 5.00. The van der Waals surface area contributed by atoms with Crippen LogP contribution in [0.4, 0.5) is 0 Å². The van der Waals surface area contributed by atoms with Crippen LogP contribution in [0, 0.1) is 22.7 Å². The van der Waals surface area contributed by atoms with Crippen molar-refractivity contribution >= 4 is 0 Å². The predicted molar refractivity (Wildman–Crippen MR) is 63.7 cm³/mol. The van der Waals surface area contributed by atoms with Crippen LogP contribution in [-0.2, 0) is 0 Å². The fourth-order valence-electron chi connectivity index (χ4n) is 4.57. The Labute approximate surface area is 94.3 Å². The lowest BCUT2D eigenvalue weighted by Gasteiger charge is -2.57. The van der Waals surface area contributed by atoms with Gasteiger partial charge in [-0.3, -0.25) is 0 Å². The number of hydrogen-bond acceptors (Lipinski definition) is 1. The van der Waals surface area contributed by atoms with E-state index in [0.29, 0.717) is 23.4 Å². The third-order valence-electron chi connectivity index (χ3n) is 5.47. The van der Waals surface area contributed by atoms with Crippen molar-refractivity contribution in [2.45, 2.75) is 59.3 Å². The summed E-state index contributed by atoms with van der Waals surface area (Å²) in [6, 6.07) is 0. The van der Waals surface area contributed by atoms with Crippen molar-refractivity contribution in [3.63, 3.8) is 0 Å². The van der Waals surface area contributed by atoms with E-state index in [2.05, 4.69) is 20.8 Å². The summed E-state index contributed by atoms with van der Waals surface area (Å²) in [5, 5.41) is 9.57. The first-order valence-electron chi connectivity index (χ1n) is 6.61. The number of rotatable bonds is 1. The molecule has 0 spiro atoms. The zero-order valence-electron chi connectivity index (χ0n) is 10.6. The molecule has 0 amide bonds. The summed E-state index contributed by atoms with van der Waals surface area (Å²) in [5.74, 6) is 1.40. The Morgan fingerprint density at radius 2 is 1.80 bits per heavy atom. The van der Waals surface area contributed by atoms with Gasteiger partial charge in [0.25, 0.3) is 0 Å². The molecule has 1 N–H and O–H groups in total. The number of fused-ring (bicyclic) bond motifs is 1. The Bertz CT molecular complexity index is 233. The first-order valence-corrected chi connectivity index (χ1v) is 6.61. The van der Waals surface area contributed by atoms with Crippen LogP contribution in [-0.4, -0.2) is 11.7 Å². The molecule has 0 aromatic carbocycles. The molecular formula is C14H26O. The summed E-state index contributed by atoms with van der Waals surface area (Å²) >= 11 is 0.